The third kappa shape index (κ3) is 4.36. The first-order valence-corrected chi connectivity index (χ1v) is 6.66. The van der Waals surface area contributed by atoms with Crippen LogP contribution >= 0.6 is 0 Å². The van der Waals surface area contributed by atoms with Gasteiger partial charge in [0, 0.05) is 19.7 Å². The number of carbonyl (C=O) groups excluding carboxylic acids is 1. The average Bonchev–Trinajstić information content (AvgIpc) is 3.05. The molecule has 2 aliphatic rings. The summed E-state index contributed by atoms with van der Waals surface area (Å²) in [6.45, 7) is 1.61. The van der Waals surface area contributed by atoms with E-state index in [4.69, 9.17) is 14.6 Å². The molecule has 7 heteroatoms. The Kier molecular flexibility index (Phi) is 4.98. The third-order valence-corrected chi connectivity index (χ3v) is 3.39. The Bertz CT molecular complexity index is 330. The number of carboxylic acids is 1. The molecular formula is C12H20N2O5. The summed E-state index contributed by atoms with van der Waals surface area (Å²) in [5.41, 5.74) is 0. The van der Waals surface area contributed by atoms with Crippen LogP contribution in [0.15, 0.2) is 0 Å². The molecule has 2 saturated heterocycles. The van der Waals surface area contributed by atoms with Gasteiger partial charge in [-0.3, -0.25) is 0 Å². The van der Waals surface area contributed by atoms with Crippen LogP contribution in [0.3, 0.4) is 0 Å². The van der Waals surface area contributed by atoms with Gasteiger partial charge in [-0.15, -0.1) is 0 Å². The van der Waals surface area contributed by atoms with Crippen molar-refractivity contribution in [2.75, 3.05) is 19.7 Å². The van der Waals surface area contributed by atoms with E-state index < -0.39 is 12.1 Å². The van der Waals surface area contributed by atoms with E-state index in [1.165, 1.54) is 0 Å². The van der Waals surface area contributed by atoms with E-state index in [2.05, 4.69) is 10.6 Å². The number of hydrogen-bond acceptors (Lipinski definition) is 4. The fourth-order valence-corrected chi connectivity index (χ4v) is 2.32. The van der Waals surface area contributed by atoms with Crippen LogP contribution in [0, 0.1) is 0 Å². The highest BCUT2D eigenvalue weighted by molar-refractivity contribution is 5.74. The minimum Gasteiger partial charge on any atom is -0.479 e. The number of ether oxygens (including phenoxy) is 2. The number of rotatable bonds is 5. The highest BCUT2D eigenvalue weighted by atomic mass is 16.5. The smallest absolute Gasteiger partial charge is 0.332 e. The van der Waals surface area contributed by atoms with Crippen LogP contribution in [-0.4, -0.2) is 55.1 Å². The summed E-state index contributed by atoms with van der Waals surface area (Å²) in [6.07, 6.45) is 2.34. The van der Waals surface area contributed by atoms with Crippen molar-refractivity contribution < 1.29 is 24.2 Å². The topological polar surface area (TPSA) is 96.9 Å². The van der Waals surface area contributed by atoms with Crippen molar-refractivity contribution in [1.29, 1.82) is 0 Å². The highest BCUT2D eigenvalue weighted by Crippen LogP contribution is 2.19. The first-order valence-electron chi connectivity index (χ1n) is 6.66. The summed E-state index contributed by atoms with van der Waals surface area (Å²) in [5.74, 6) is -0.940. The van der Waals surface area contributed by atoms with Gasteiger partial charge in [-0.05, 0) is 25.7 Å². The van der Waals surface area contributed by atoms with Crippen molar-refractivity contribution in [3.63, 3.8) is 0 Å². The second-order valence-corrected chi connectivity index (χ2v) is 4.89. The number of urea groups is 1. The Morgan fingerprint density at radius 3 is 2.42 bits per heavy atom. The molecule has 0 saturated carbocycles. The van der Waals surface area contributed by atoms with Gasteiger partial charge in [0.05, 0.1) is 12.2 Å². The van der Waals surface area contributed by atoms with Gasteiger partial charge in [0.15, 0.2) is 6.10 Å². The van der Waals surface area contributed by atoms with Gasteiger partial charge in [-0.25, -0.2) is 9.59 Å². The van der Waals surface area contributed by atoms with Crippen LogP contribution in [0.2, 0.25) is 0 Å². The van der Waals surface area contributed by atoms with Crippen LogP contribution in [-0.2, 0) is 14.3 Å². The lowest BCUT2D eigenvalue weighted by molar-refractivity contribution is -0.149. The Morgan fingerprint density at radius 2 is 1.84 bits per heavy atom. The van der Waals surface area contributed by atoms with Gasteiger partial charge in [0.1, 0.15) is 0 Å². The van der Waals surface area contributed by atoms with E-state index >= 15 is 0 Å². The predicted molar refractivity (Wildman–Crippen MR) is 65.9 cm³/mol. The number of nitrogens with one attached hydrogen (secondary N) is 2. The van der Waals surface area contributed by atoms with E-state index in [0.717, 1.165) is 19.4 Å². The summed E-state index contributed by atoms with van der Waals surface area (Å²) in [5, 5.41) is 14.2. The molecule has 108 valence electrons. The molecule has 3 N–H and O–H groups in total. The number of aliphatic carboxylic acids is 1. The molecule has 3 unspecified atom stereocenters. The monoisotopic (exact) mass is 272 g/mol. The Labute approximate surface area is 111 Å². The number of carbonyl (C=O) groups is 2. The lowest BCUT2D eigenvalue weighted by atomic mass is 10.2. The first-order chi connectivity index (χ1) is 9.15. The molecule has 2 rings (SSSR count). The maximum absolute atomic E-state index is 11.5. The van der Waals surface area contributed by atoms with E-state index in [9.17, 15) is 9.59 Å². The van der Waals surface area contributed by atoms with Crippen LogP contribution in [0.4, 0.5) is 4.79 Å². The molecule has 0 spiro atoms. The molecule has 0 aromatic heterocycles. The quantitative estimate of drug-likeness (QED) is 0.659. The molecule has 0 radical (unpaired) electrons. The van der Waals surface area contributed by atoms with Crippen molar-refractivity contribution in [2.24, 2.45) is 0 Å². The summed E-state index contributed by atoms with van der Waals surface area (Å²) < 4.78 is 10.7. The fraction of sp³-hybridized carbons (Fsp3) is 0.833. The minimum atomic E-state index is -0.940. The number of amides is 2. The van der Waals surface area contributed by atoms with Crippen LogP contribution < -0.4 is 10.6 Å². The molecule has 0 bridgehead atoms. The molecule has 0 aromatic carbocycles. The summed E-state index contributed by atoms with van der Waals surface area (Å²) in [4.78, 5) is 22.2. The molecule has 2 aliphatic heterocycles. The van der Waals surface area contributed by atoms with E-state index in [-0.39, 0.29) is 18.2 Å². The van der Waals surface area contributed by atoms with Crippen LogP contribution in [0.1, 0.15) is 25.7 Å². The number of hydrogen-bond donors (Lipinski definition) is 3. The van der Waals surface area contributed by atoms with Crippen molar-refractivity contribution >= 4 is 12.0 Å². The predicted octanol–water partition coefficient (Wildman–Crippen LogP) is 0.0968. The second kappa shape index (κ2) is 6.72. The molecule has 2 amide bonds. The molecular weight excluding hydrogens is 252 g/mol. The fourth-order valence-electron chi connectivity index (χ4n) is 2.32. The minimum absolute atomic E-state index is 0.116. The van der Waals surface area contributed by atoms with E-state index in [1.54, 1.807) is 0 Å². The standard InChI is InChI=1S/C12H20N2O5/c15-11(16)10-4-3-9(19-10)7-14-12(17)13-6-8-2-1-5-18-8/h8-10H,1-7H2,(H,15,16)(H2,13,14,17). The normalized spacial score (nSPS) is 30.2. The molecule has 2 heterocycles. The Hall–Kier alpha value is -1.34. The van der Waals surface area contributed by atoms with Crippen molar-refractivity contribution in [3.05, 3.63) is 0 Å². The zero-order valence-corrected chi connectivity index (χ0v) is 10.8. The number of carboxylic acid groups (broad SMARTS) is 1. The van der Waals surface area contributed by atoms with E-state index in [0.29, 0.717) is 25.9 Å². The van der Waals surface area contributed by atoms with Gasteiger partial charge >= 0.3 is 12.0 Å². The molecule has 7 nitrogen and oxygen atoms in total. The lowest BCUT2D eigenvalue weighted by Crippen LogP contribution is -2.42. The maximum Gasteiger partial charge on any atom is 0.332 e. The lowest BCUT2D eigenvalue weighted by Gasteiger charge is -2.14. The molecule has 2 fully saturated rings. The van der Waals surface area contributed by atoms with Crippen LogP contribution in [0.5, 0.6) is 0 Å². The Morgan fingerprint density at radius 1 is 1.11 bits per heavy atom. The zero-order chi connectivity index (χ0) is 13.7. The summed E-state index contributed by atoms with van der Waals surface area (Å²) >= 11 is 0. The highest BCUT2D eigenvalue weighted by Gasteiger charge is 2.30. The molecule has 0 aromatic rings. The van der Waals surface area contributed by atoms with Gasteiger partial charge in [-0.2, -0.15) is 0 Å². The third-order valence-electron chi connectivity index (χ3n) is 3.39. The van der Waals surface area contributed by atoms with E-state index in [1.807, 2.05) is 0 Å². The molecule has 19 heavy (non-hydrogen) atoms. The van der Waals surface area contributed by atoms with Gasteiger partial charge < -0.3 is 25.2 Å². The SMILES string of the molecule is O=C(NCC1CCCO1)NCC1CCC(C(=O)O)O1. The summed E-state index contributed by atoms with van der Waals surface area (Å²) in [7, 11) is 0. The zero-order valence-electron chi connectivity index (χ0n) is 10.8. The van der Waals surface area contributed by atoms with Gasteiger partial charge in [-0.1, -0.05) is 0 Å². The van der Waals surface area contributed by atoms with Crippen molar-refractivity contribution in [3.8, 4) is 0 Å². The van der Waals surface area contributed by atoms with Gasteiger partial charge in [0.2, 0.25) is 0 Å². The maximum atomic E-state index is 11.5. The Balaban J connectivity index is 1.57. The van der Waals surface area contributed by atoms with Crippen molar-refractivity contribution in [1.82, 2.24) is 10.6 Å². The molecule has 3 atom stereocenters. The summed E-state index contributed by atoms with van der Waals surface area (Å²) in [6, 6.07) is -0.266. The first kappa shape index (κ1) is 14.1. The van der Waals surface area contributed by atoms with Gasteiger partial charge in [0.25, 0.3) is 0 Å². The second-order valence-electron chi connectivity index (χ2n) is 4.89. The average molecular weight is 272 g/mol. The van der Waals surface area contributed by atoms with Crippen LogP contribution in [0.25, 0.3) is 0 Å². The van der Waals surface area contributed by atoms with Crippen molar-refractivity contribution in [2.45, 2.75) is 44.0 Å². The molecule has 0 aliphatic carbocycles. The largest absolute Gasteiger partial charge is 0.479 e.